The summed E-state index contributed by atoms with van der Waals surface area (Å²) in [5, 5.41) is 14.3. The Hall–Kier alpha value is -3.50. The van der Waals surface area contributed by atoms with Crippen molar-refractivity contribution in [3.8, 4) is 17.1 Å². The largest absolute Gasteiger partial charge is 0.497 e. The molecule has 3 aromatic rings. The van der Waals surface area contributed by atoms with Crippen molar-refractivity contribution in [2.45, 2.75) is 82.8 Å². The number of halogens is 3. The Morgan fingerprint density at radius 2 is 1.75 bits per heavy atom. The van der Waals surface area contributed by atoms with Gasteiger partial charge in [0, 0.05) is 62.0 Å². The normalized spacial score (nSPS) is 22.0. The molecule has 0 bridgehead atoms. The fourth-order valence-electron chi connectivity index (χ4n) is 6.75. The average Bonchev–Trinajstić information content (AvgIpc) is 3.41. The SMILES string of the molecule is COc1cc(F)cc(C(C)(C)CC(=O)CC2(CC(=O)c3cc(-c4ccc(F)cc4F)on3)CN(C3CCC(C)(O)CC3)C2)c1. The Bertz CT molecular complexity index is 1530. The molecule has 2 aliphatic rings. The van der Waals surface area contributed by atoms with Crippen molar-refractivity contribution in [3.63, 3.8) is 0 Å². The number of nitrogens with zero attached hydrogens (tertiary/aromatic N) is 2. The molecule has 236 valence electrons. The molecule has 2 fully saturated rings. The topological polar surface area (TPSA) is 92.9 Å². The smallest absolute Gasteiger partial charge is 0.185 e. The molecule has 0 unspecified atom stereocenters. The van der Waals surface area contributed by atoms with Gasteiger partial charge < -0.3 is 14.4 Å². The van der Waals surface area contributed by atoms with Crippen LogP contribution >= 0.6 is 0 Å². The number of rotatable bonds is 11. The summed E-state index contributed by atoms with van der Waals surface area (Å²) in [6, 6.07) is 9.07. The Morgan fingerprint density at radius 1 is 1.05 bits per heavy atom. The number of likely N-dealkylation sites (tertiary alicyclic amines) is 1. The van der Waals surface area contributed by atoms with E-state index in [0.717, 1.165) is 25.0 Å². The van der Waals surface area contributed by atoms with Gasteiger partial charge in [-0.25, -0.2) is 13.2 Å². The highest BCUT2D eigenvalue weighted by molar-refractivity contribution is 5.96. The first-order valence-corrected chi connectivity index (χ1v) is 15.0. The van der Waals surface area contributed by atoms with E-state index in [0.29, 0.717) is 37.2 Å². The third-order valence-electron chi connectivity index (χ3n) is 9.25. The van der Waals surface area contributed by atoms with E-state index in [1.165, 1.54) is 31.4 Å². The lowest BCUT2D eigenvalue weighted by atomic mass is 9.68. The second-order valence-electron chi connectivity index (χ2n) is 13.6. The zero-order chi connectivity index (χ0) is 31.9. The number of hydrogen-bond donors (Lipinski definition) is 1. The summed E-state index contributed by atoms with van der Waals surface area (Å²) in [6.07, 6.45) is 3.35. The zero-order valence-electron chi connectivity index (χ0n) is 25.6. The molecule has 0 spiro atoms. The number of ether oxygens (including phenoxy) is 1. The highest BCUT2D eigenvalue weighted by Crippen LogP contribution is 2.44. The van der Waals surface area contributed by atoms with Crippen molar-refractivity contribution in [1.82, 2.24) is 10.1 Å². The van der Waals surface area contributed by atoms with Crippen LogP contribution in [0.4, 0.5) is 13.2 Å². The van der Waals surface area contributed by atoms with E-state index in [2.05, 4.69) is 10.1 Å². The second-order valence-corrected chi connectivity index (χ2v) is 13.6. The summed E-state index contributed by atoms with van der Waals surface area (Å²) in [6.45, 7) is 6.67. The number of carbonyl (C=O) groups is 2. The molecule has 1 aliphatic carbocycles. The van der Waals surface area contributed by atoms with Crippen LogP contribution in [0.25, 0.3) is 11.3 Å². The van der Waals surface area contributed by atoms with E-state index in [1.807, 2.05) is 20.8 Å². The highest BCUT2D eigenvalue weighted by Gasteiger charge is 2.49. The van der Waals surface area contributed by atoms with Gasteiger partial charge in [0.25, 0.3) is 0 Å². The summed E-state index contributed by atoms with van der Waals surface area (Å²) < 4.78 is 52.4. The standard InChI is InChI=1S/C34H39F3N2O5/c1-32(2,21-11-23(36)13-26(12-21)43-4)16-25(40)17-34(19-39(20-34)24-7-9-33(3,42)10-8-24)18-30(41)29-15-31(44-38-29)27-6-5-22(35)14-28(27)37/h5-6,11-15,24,42H,7-10,16-20H2,1-4H3. The monoisotopic (exact) mass is 612 g/mol. The van der Waals surface area contributed by atoms with Gasteiger partial charge in [0.2, 0.25) is 0 Å². The van der Waals surface area contributed by atoms with Crippen LogP contribution in [0.2, 0.25) is 0 Å². The van der Waals surface area contributed by atoms with Gasteiger partial charge in [-0.15, -0.1) is 0 Å². The van der Waals surface area contributed by atoms with Crippen LogP contribution in [0.15, 0.2) is 47.0 Å². The quantitative estimate of drug-likeness (QED) is 0.242. The number of Topliss-reactive ketones (excluding diaryl/α,β-unsaturated/α-hetero) is 2. The van der Waals surface area contributed by atoms with Gasteiger partial charge in [-0.3, -0.25) is 14.5 Å². The molecule has 1 aliphatic heterocycles. The lowest BCUT2D eigenvalue weighted by Gasteiger charge is -2.55. The Balaban J connectivity index is 1.32. The first-order valence-electron chi connectivity index (χ1n) is 15.0. The molecule has 7 nitrogen and oxygen atoms in total. The molecular formula is C34H39F3N2O5. The predicted molar refractivity (Wildman–Crippen MR) is 158 cm³/mol. The van der Waals surface area contributed by atoms with Crippen LogP contribution in [0.1, 0.15) is 81.8 Å². The van der Waals surface area contributed by atoms with Crippen LogP contribution in [0, 0.1) is 22.9 Å². The van der Waals surface area contributed by atoms with E-state index in [9.17, 15) is 27.9 Å². The third-order valence-corrected chi connectivity index (χ3v) is 9.25. The average molecular weight is 613 g/mol. The molecular weight excluding hydrogens is 573 g/mol. The minimum absolute atomic E-state index is 0.00717. The number of benzene rings is 2. The molecule has 1 N–H and O–H groups in total. The lowest BCUT2D eigenvalue weighted by molar-refractivity contribution is -0.128. The molecule has 0 amide bonds. The molecule has 0 atom stereocenters. The summed E-state index contributed by atoms with van der Waals surface area (Å²) in [4.78, 5) is 29.4. The van der Waals surface area contributed by atoms with Crippen LogP contribution in [-0.4, -0.2) is 58.6 Å². The Kier molecular flexibility index (Phi) is 8.79. The number of aromatic nitrogens is 1. The zero-order valence-corrected chi connectivity index (χ0v) is 25.6. The summed E-state index contributed by atoms with van der Waals surface area (Å²) >= 11 is 0. The third kappa shape index (κ3) is 7.07. The lowest BCUT2D eigenvalue weighted by Crippen LogP contribution is -2.62. The van der Waals surface area contributed by atoms with Crippen molar-refractivity contribution in [2.75, 3.05) is 20.2 Å². The van der Waals surface area contributed by atoms with Gasteiger partial charge in [-0.2, -0.15) is 0 Å². The summed E-state index contributed by atoms with van der Waals surface area (Å²) in [5.41, 5.74) is -1.37. The van der Waals surface area contributed by atoms with E-state index in [4.69, 9.17) is 9.26 Å². The Labute approximate surface area is 255 Å². The maximum atomic E-state index is 14.3. The molecule has 44 heavy (non-hydrogen) atoms. The van der Waals surface area contributed by atoms with Gasteiger partial charge in [0.1, 0.15) is 34.7 Å². The first-order chi connectivity index (χ1) is 20.7. The first kappa shape index (κ1) is 31.9. The molecule has 2 aromatic carbocycles. The van der Waals surface area contributed by atoms with Crippen LogP contribution in [0.5, 0.6) is 5.75 Å². The maximum Gasteiger partial charge on any atom is 0.185 e. The predicted octanol–water partition coefficient (Wildman–Crippen LogP) is 6.66. The van der Waals surface area contributed by atoms with Crippen LogP contribution in [-0.2, 0) is 10.2 Å². The van der Waals surface area contributed by atoms with Crippen molar-refractivity contribution in [3.05, 3.63) is 71.2 Å². The molecule has 1 saturated heterocycles. The highest BCUT2D eigenvalue weighted by atomic mass is 19.1. The van der Waals surface area contributed by atoms with Crippen LogP contribution < -0.4 is 4.74 Å². The van der Waals surface area contributed by atoms with Crippen LogP contribution in [0.3, 0.4) is 0 Å². The van der Waals surface area contributed by atoms with Gasteiger partial charge in [-0.05, 0) is 67.9 Å². The Morgan fingerprint density at radius 3 is 2.41 bits per heavy atom. The van der Waals surface area contributed by atoms with Crippen molar-refractivity contribution in [1.29, 1.82) is 0 Å². The van der Waals surface area contributed by atoms with Crippen molar-refractivity contribution < 1.29 is 37.1 Å². The summed E-state index contributed by atoms with van der Waals surface area (Å²) in [7, 11) is 1.46. The second kappa shape index (κ2) is 12.1. The van der Waals surface area contributed by atoms with Gasteiger partial charge in [0.15, 0.2) is 11.5 Å². The van der Waals surface area contributed by atoms with Crippen molar-refractivity contribution >= 4 is 11.6 Å². The molecule has 1 saturated carbocycles. The molecule has 5 rings (SSSR count). The van der Waals surface area contributed by atoms with E-state index in [1.54, 1.807) is 6.07 Å². The van der Waals surface area contributed by atoms with E-state index < -0.39 is 33.9 Å². The molecule has 10 heteroatoms. The van der Waals surface area contributed by atoms with Crippen molar-refractivity contribution in [2.24, 2.45) is 5.41 Å². The molecule has 1 aromatic heterocycles. The number of ketones is 2. The minimum Gasteiger partial charge on any atom is -0.497 e. The number of hydrogen-bond acceptors (Lipinski definition) is 7. The maximum absolute atomic E-state index is 14.3. The van der Waals surface area contributed by atoms with Gasteiger partial charge >= 0.3 is 0 Å². The molecule has 0 radical (unpaired) electrons. The summed E-state index contributed by atoms with van der Waals surface area (Å²) in [5.74, 6) is -2.02. The fourth-order valence-corrected chi connectivity index (χ4v) is 6.75. The van der Waals surface area contributed by atoms with Gasteiger partial charge in [-0.1, -0.05) is 19.0 Å². The van der Waals surface area contributed by atoms with E-state index in [-0.39, 0.29) is 53.9 Å². The van der Waals surface area contributed by atoms with E-state index >= 15 is 0 Å². The number of aliphatic hydroxyl groups is 1. The minimum atomic E-state index is -0.832. The number of methoxy groups -OCH3 is 1. The van der Waals surface area contributed by atoms with Gasteiger partial charge in [0.05, 0.1) is 18.3 Å². The number of carbonyl (C=O) groups excluding carboxylic acids is 2. The fraction of sp³-hybridized carbons (Fsp3) is 0.500. The molecule has 2 heterocycles.